The summed E-state index contributed by atoms with van der Waals surface area (Å²) in [6.07, 6.45) is 7.76. The third-order valence-corrected chi connectivity index (χ3v) is 6.61. The molecule has 2 saturated carbocycles. The van der Waals surface area contributed by atoms with Gasteiger partial charge in [0.1, 0.15) is 5.82 Å². The van der Waals surface area contributed by atoms with Crippen LogP contribution in [0.3, 0.4) is 0 Å². The van der Waals surface area contributed by atoms with E-state index in [1.807, 2.05) is 17.0 Å². The first-order valence-corrected chi connectivity index (χ1v) is 10.6. The Morgan fingerprint density at radius 1 is 1.11 bits per heavy atom. The molecular weight excluding hydrogens is 357 g/mol. The average Bonchev–Trinajstić information content (AvgIpc) is 3.09. The third-order valence-electron chi connectivity index (χ3n) is 6.61. The molecule has 2 aliphatic carbocycles. The van der Waals surface area contributed by atoms with Gasteiger partial charge < -0.3 is 15.5 Å². The molecule has 1 saturated heterocycles. The number of hydrogen-bond donors (Lipinski definition) is 2. The van der Waals surface area contributed by atoms with E-state index in [1.54, 1.807) is 0 Å². The predicted molar refractivity (Wildman–Crippen MR) is 105 cm³/mol. The van der Waals surface area contributed by atoms with Crippen molar-refractivity contribution in [2.24, 2.45) is 11.3 Å². The zero-order valence-electron chi connectivity index (χ0n) is 16.4. The van der Waals surface area contributed by atoms with E-state index >= 15 is 0 Å². The van der Waals surface area contributed by atoms with Crippen LogP contribution in [0.1, 0.15) is 50.5 Å². The van der Waals surface area contributed by atoms with E-state index in [2.05, 4.69) is 10.6 Å². The molecular formula is C22H30FN3O2. The molecule has 1 heterocycles. The SMILES string of the molecule is O=C(NCC1(Cc2ccc(F)cc2)CC1)N[C@H]1CC[C@@H](C(=O)N2CCCC2)C1. The van der Waals surface area contributed by atoms with Crippen LogP contribution in [-0.4, -0.2) is 42.5 Å². The maximum absolute atomic E-state index is 13.1. The molecule has 2 N–H and O–H groups in total. The molecule has 0 bridgehead atoms. The van der Waals surface area contributed by atoms with Gasteiger partial charge in [-0.05, 0) is 74.5 Å². The molecule has 1 aliphatic heterocycles. The van der Waals surface area contributed by atoms with Crippen molar-refractivity contribution in [3.8, 4) is 0 Å². The van der Waals surface area contributed by atoms with Crippen LogP contribution in [0.4, 0.5) is 9.18 Å². The summed E-state index contributed by atoms with van der Waals surface area (Å²) in [4.78, 5) is 26.8. The molecule has 2 atom stereocenters. The Balaban J connectivity index is 1.19. The summed E-state index contributed by atoms with van der Waals surface area (Å²) in [5.74, 6) is 0.124. The van der Waals surface area contributed by atoms with Gasteiger partial charge in [0.25, 0.3) is 0 Å². The van der Waals surface area contributed by atoms with Gasteiger partial charge in [0, 0.05) is 31.6 Å². The summed E-state index contributed by atoms with van der Waals surface area (Å²) < 4.78 is 13.1. The van der Waals surface area contributed by atoms with E-state index < -0.39 is 0 Å². The van der Waals surface area contributed by atoms with Crippen molar-refractivity contribution in [2.45, 2.75) is 57.4 Å². The Labute approximate surface area is 166 Å². The van der Waals surface area contributed by atoms with Gasteiger partial charge in [0.05, 0.1) is 0 Å². The molecule has 3 aliphatic rings. The molecule has 0 unspecified atom stereocenters. The molecule has 3 amide bonds. The van der Waals surface area contributed by atoms with Gasteiger partial charge in [-0.2, -0.15) is 0 Å². The quantitative estimate of drug-likeness (QED) is 0.787. The van der Waals surface area contributed by atoms with Crippen molar-refractivity contribution < 1.29 is 14.0 Å². The molecule has 0 aromatic heterocycles. The van der Waals surface area contributed by atoms with Crippen LogP contribution < -0.4 is 10.6 Å². The highest BCUT2D eigenvalue weighted by Crippen LogP contribution is 2.47. The first-order valence-electron chi connectivity index (χ1n) is 10.6. The van der Waals surface area contributed by atoms with Crippen molar-refractivity contribution in [1.29, 1.82) is 0 Å². The van der Waals surface area contributed by atoms with Crippen LogP contribution in [0, 0.1) is 17.2 Å². The lowest BCUT2D eigenvalue weighted by molar-refractivity contribution is -0.134. The lowest BCUT2D eigenvalue weighted by Crippen LogP contribution is -2.43. The first-order chi connectivity index (χ1) is 13.5. The molecule has 28 heavy (non-hydrogen) atoms. The second-order valence-electron chi connectivity index (χ2n) is 8.87. The average molecular weight is 387 g/mol. The van der Waals surface area contributed by atoms with Gasteiger partial charge in [0.15, 0.2) is 0 Å². The number of amides is 3. The number of carbonyl (C=O) groups excluding carboxylic acids is 2. The van der Waals surface area contributed by atoms with E-state index in [4.69, 9.17) is 0 Å². The Hall–Kier alpha value is -2.11. The third kappa shape index (κ3) is 4.65. The normalized spacial score (nSPS) is 25.5. The minimum atomic E-state index is -0.218. The van der Waals surface area contributed by atoms with Crippen LogP contribution in [-0.2, 0) is 11.2 Å². The Morgan fingerprint density at radius 3 is 2.50 bits per heavy atom. The summed E-state index contributed by atoms with van der Waals surface area (Å²) in [7, 11) is 0. The van der Waals surface area contributed by atoms with Crippen molar-refractivity contribution >= 4 is 11.9 Å². The summed E-state index contributed by atoms with van der Waals surface area (Å²) >= 11 is 0. The Morgan fingerprint density at radius 2 is 1.82 bits per heavy atom. The summed E-state index contributed by atoms with van der Waals surface area (Å²) in [5, 5.41) is 6.08. The molecule has 1 aromatic rings. The molecule has 1 aromatic carbocycles. The Bertz CT molecular complexity index is 711. The number of carbonyl (C=O) groups is 2. The van der Waals surface area contributed by atoms with E-state index in [-0.39, 0.29) is 35.1 Å². The number of urea groups is 1. The van der Waals surface area contributed by atoms with Crippen molar-refractivity contribution in [1.82, 2.24) is 15.5 Å². The van der Waals surface area contributed by atoms with Crippen molar-refractivity contribution in [3.63, 3.8) is 0 Å². The number of halogens is 1. The van der Waals surface area contributed by atoms with E-state index in [0.29, 0.717) is 6.54 Å². The maximum atomic E-state index is 13.1. The van der Waals surface area contributed by atoms with Gasteiger partial charge in [0.2, 0.25) is 5.91 Å². The molecule has 152 valence electrons. The largest absolute Gasteiger partial charge is 0.342 e. The number of likely N-dealkylation sites (tertiary alicyclic amines) is 1. The fourth-order valence-electron chi connectivity index (χ4n) is 4.66. The summed E-state index contributed by atoms with van der Waals surface area (Å²) in [6, 6.07) is 6.59. The topological polar surface area (TPSA) is 61.4 Å². The molecule has 0 spiro atoms. The van der Waals surface area contributed by atoms with Gasteiger partial charge in [-0.1, -0.05) is 12.1 Å². The molecule has 0 radical (unpaired) electrons. The van der Waals surface area contributed by atoms with Crippen LogP contribution >= 0.6 is 0 Å². The fourth-order valence-corrected chi connectivity index (χ4v) is 4.66. The standard InChI is InChI=1S/C22H30FN3O2/c23-18-6-3-16(4-7-18)14-22(9-10-22)15-24-21(28)25-19-8-5-17(13-19)20(27)26-11-1-2-12-26/h3-4,6-7,17,19H,1-2,5,8-15H2,(H2,24,25,28)/t17-,19+/m1/s1. The van der Waals surface area contributed by atoms with Gasteiger partial charge in [-0.3, -0.25) is 4.79 Å². The number of rotatable bonds is 6. The second-order valence-corrected chi connectivity index (χ2v) is 8.87. The molecule has 5 nitrogen and oxygen atoms in total. The van der Waals surface area contributed by atoms with Gasteiger partial charge >= 0.3 is 6.03 Å². The van der Waals surface area contributed by atoms with Crippen molar-refractivity contribution in [2.75, 3.05) is 19.6 Å². The zero-order chi connectivity index (χ0) is 19.6. The Kier molecular flexibility index (Phi) is 5.56. The van der Waals surface area contributed by atoms with Crippen LogP contribution in [0.25, 0.3) is 0 Å². The van der Waals surface area contributed by atoms with Gasteiger partial charge in [-0.15, -0.1) is 0 Å². The number of hydrogen-bond acceptors (Lipinski definition) is 2. The van der Waals surface area contributed by atoms with E-state index in [1.165, 1.54) is 12.1 Å². The molecule has 3 fully saturated rings. The van der Waals surface area contributed by atoms with E-state index in [0.717, 1.165) is 70.0 Å². The van der Waals surface area contributed by atoms with Crippen LogP contribution in [0.15, 0.2) is 24.3 Å². The zero-order valence-corrected chi connectivity index (χ0v) is 16.4. The summed E-state index contributed by atoms with van der Waals surface area (Å²) in [5.41, 5.74) is 1.22. The first kappa shape index (κ1) is 19.2. The molecule has 6 heteroatoms. The highest BCUT2D eigenvalue weighted by molar-refractivity contribution is 5.80. The number of benzene rings is 1. The minimum absolute atomic E-state index is 0.0663. The van der Waals surface area contributed by atoms with Crippen LogP contribution in [0.2, 0.25) is 0 Å². The second kappa shape index (κ2) is 8.10. The fraction of sp³-hybridized carbons (Fsp3) is 0.636. The highest BCUT2D eigenvalue weighted by Gasteiger charge is 2.42. The van der Waals surface area contributed by atoms with Crippen LogP contribution in [0.5, 0.6) is 0 Å². The highest BCUT2D eigenvalue weighted by atomic mass is 19.1. The number of nitrogens with zero attached hydrogens (tertiary/aromatic N) is 1. The van der Waals surface area contributed by atoms with Crippen molar-refractivity contribution in [3.05, 3.63) is 35.6 Å². The lowest BCUT2D eigenvalue weighted by atomic mass is 9.96. The smallest absolute Gasteiger partial charge is 0.315 e. The predicted octanol–water partition coefficient (Wildman–Crippen LogP) is 3.24. The number of nitrogens with one attached hydrogen (secondary N) is 2. The monoisotopic (exact) mass is 387 g/mol. The van der Waals surface area contributed by atoms with Gasteiger partial charge in [-0.25, -0.2) is 9.18 Å². The van der Waals surface area contributed by atoms with E-state index in [9.17, 15) is 14.0 Å². The minimum Gasteiger partial charge on any atom is -0.342 e. The molecule has 4 rings (SSSR count). The lowest BCUT2D eigenvalue weighted by Gasteiger charge is -2.20. The summed E-state index contributed by atoms with van der Waals surface area (Å²) in [6.45, 7) is 2.42. The maximum Gasteiger partial charge on any atom is 0.315 e.